The number of hydrogen-bond acceptors (Lipinski definition) is 0. The molecule has 2 heteroatoms. The van der Waals surface area contributed by atoms with Crippen LogP contribution in [-0.2, 0) is 0 Å². The van der Waals surface area contributed by atoms with Gasteiger partial charge < -0.3 is 0 Å². The van der Waals surface area contributed by atoms with E-state index in [2.05, 4.69) is 19.5 Å². The van der Waals surface area contributed by atoms with Crippen LogP contribution < -0.4 is 0 Å². The molecule has 0 N–H and O–H groups in total. The van der Waals surface area contributed by atoms with Crippen LogP contribution in [0.25, 0.3) is 0 Å². The summed E-state index contributed by atoms with van der Waals surface area (Å²) in [5.74, 6) is 0. The van der Waals surface area contributed by atoms with Gasteiger partial charge in [-0.25, -0.2) is 0 Å². The standard InChI is InChI=1S/C4H6As2/c1-2-6-4-3-5-1/h1-6H. The molecular formula is C4H6As2. The quantitative estimate of drug-likeness (QED) is 0.480. The Morgan fingerprint density at radius 3 is 1.17 bits per heavy atom. The fourth-order valence-electron chi connectivity index (χ4n) is 0.304. The zero-order valence-electron chi connectivity index (χ0n) is 3.31. The van der Waals surface area contributed by atoms with Gasteiger partial charge in [0.25, 0.3) is 0 Å². The first-order chi connectivity index (χ1) is 3.00. The second-order valence-electron chi connectivity index (χ2n) is 1.00. The molecule has 0 saturated carbocycles. The SMILES string of the molecule is C1=C[AsH]C=C[AsH]1. The molecule has 0 aromatic carbocycles. The predicted molar refractivity (Wildman–Crippen MR) is 32.6 cm³/mol. The predicted octanol–water partition coefficient (Wildman–Crippen LogP) is -0.185. The zero-order chi connectivity index (χ0) is 4.24. The third-order valence-corrected chi connectivity index (χ3v) is 6.50. The molecule has 0 atom stereocenters. The van der Waals surface area contributed by atoms with E-state index in [-0.39, 0.29) is 31.5 Å². The topological polar surface area (TPSA) is 0 Å². The van der Waals surface area contributed by atoms with Crippen molar-refractivity contribution in [3.63, 3.8) is 0 Å². The van der Waals surface area contributed by atoms with Crippen molar-refractivity contribution in [3.05, 3.63) is 19.5 Å². The van der Waals surface area contributed by atoms with Gasteiger partial charge in [0, 0.05) is 0 Å². The van der Waals surface area contributed by atoms with E-state index in [4.69, 9.17) is 0 Å². The molecule has 0 bridgehead atoms. The molecule has 0 unspecified atom stereocenters. The Kier molecular flexibility index (Phi) is 2.15. The molecule has 0 spiro atoms. The van der Waals surface area contributed by atoms with Gasteiger partial charge in [-0.15, -0.1) is 0 Å². The van der Waals surface area contributed by atoms with Crippen molar-refractivity contribution in [2.45, 2.75) is 0 Å². The molecule has 0 saturated heterocycles. The molecule has 1 aliphatic heterocycles. The third kappa shape index (κ3) is 1.37. The van der Waals surface area contributed by atoms with Crippen LogP contribution in [0.2, 0.25) is 0 Å². The Morgan fingerprint density at radius 2 is 1.00 bits per heavy atom. The summed E-state index contributed by atoms with van der Waals surface area (Å²) in [5.41, 5.74) is 0. The van der Waals surface area contributed by atoms with Crippen LogP contribution in [0, 0.1) is 0 Å². The fraction of sp³-hybridized carbons (Fsp3) is 0. The van der Waals surface area contributed by atoms with E-state index in [1.165, 1.54) is 0 Å². The molecule has 0 aromatic rings. The summed E-state index contributed by atoms with van der Waals surface area (Å²) >= 11 is 0.556. The normalized spacial score (nSPS) is 26.7. The minimum atomic E-state index is 0.278. The van der Waals surface area contributed by atoms with Crippen molar-refractivity contribution in [2.24, 2.45) is 0 Å². The summed E-state index contributed by atoms with van der Waals surface area (Å²) < 4.78 is 0. The molecule has 0 aromatic heterocycles. The van der Waals surface area contributed by atoms with Crippen molar-refractivity contribution < 1.29 is 0 Å². The maximum atomic E-state index is 2.36. The first-order valence-corrected chi connectivity index (χ1v) is 6.67. The average Bonchev–Trinajstić information content (AvgIpc) is 1.72. The van der Waals surface area contributed by atoms with Crippen LogP contribution in [0.15, 0.2) is 19.5 Å². The van der Waals surface area contributed by atoms with E-state index < -0.39 is 0 Å². The van der Waals surface area contributed by atoms with Crippen LogP contribution in [0.1, 0.15) is 0 Å². The van der Waals surface area contributed by atoms with Crippen molar-refractivity contribution in [3.8, 4) is 0 Å². The third-order valence-electron chi connectivity index (χ3n) is 0.552. The minimum absolute atomic E-state index is 0.278. The summed E-state index contributed by atoms with van der Waals surface area (Å²) in [4.78, 5) is 9.44. The zero-order valence-corrected chi connectivity index (χ0v) is 7.51. The van der Waals surface area contributed by atoms with Crippen LogP contribution in [0.5, 0.6) is 0 Å². The summed E-state index contributed by atoms with van der Waals surface area (Å²) in [6, 6.07) is 0. The van der Waals surface area contributed by atoms with Crippen LogP contribution in [-0.4, -0.2) is 31.5 Å². The van der Waals surface area contributed by atoms with Gasteiger partial charge in [-0.1, -0.05) is 0 Å². The van der Waals surface area contributed by atoms with Crippen molar-refractivity contribution in [1.82, 2.24) is 0 Å². The molecule has 0 aliphatic carbocycles. The van der Waals surface area contributed by atoms with Gasteiger partial charge in [-0.3, -0.25) is 0 Å². The van der Waals surface area contributed by atoms with Crippen LogP contribution in [0.4, 0.5) is 0 Å². The first-order valence-electron chi connectivity index (χ1n) is 1.82. The molecule has 1 heterocycles. The van der Waals surface area contributed by atoms with Gasteiger partial charge >= 0.3 is 51.0 Å². The van der Waals surface area contributed by atoms with Gasteiger partial charge in [0.15, 0.2) is 0 Å². The second-order valence-corrected chi connectivity index (χ2v) is 5.20. The second kappa shape index (κ2) is 2.72. The Morgan fingerprint density at radius 1 is 0.667 bits per heavy atom. The summed E-state index contributed by atoms with van der Waals surface area (Å²) in [6.07, 6.45) is 0. The molecule has 1 rings (SSSR count). The van der Waals surface area contributed by atoms with E-state index in [1.807, 2.05) is 0 Å². The molecule has 6 heavy (non-hydrogen) atoms. The summed E-state index contributed by atoms with van der Waals surface area (Å²) in [7, 11) is 0. The Bertz CT molecular complexity index is 63.5. The molecule has 0 amide bonds. The molecule has 0 fully saturated rings. The molecule has 0 radical (unpaired) electrons. The molecular weight excluding hydrogens is 198 g/mol. The van der Waals surface area contributed by atoms with Crippen molar-refractivity contribution in [1.29, 1.82) is 0 Å². The summed E-state index contributed by atoms with van der Waals surface area (Å²) in [5, 5.41) is 0. The van der Waals surface area contributed by atoms with Gasteiger partial charge in [0.05, 0.1) is 0 Å². The first kappa shape index (κ1) is 4.75. The monoisotopic (exact) mass is 204 g/mol. The maximum absolute atomic E-state index is 2.36. The van der Waals surface area contributed by atoms with E-state index in [1.54, 1.807) is 0 Å². The van der Waals surface area contributed by atoms with Crippen LogP contribution in [0.3, 0.4) is 0 Å². The molecule has 0 nitrogen and oxygen atoms in total. The number of rotatable bonds is 0. The van der Waals surface area contributed by atoms with E-state index in [9.17, 15) is 0 Å². The molecule has 1 aliphatic rings. The van der Waals surface area contributed by atoms with E-state index >= 15 is 0 Å². The number of hydrogen-bond donors (Lipinski definition) is 0. The van der Waals surface area contributed by atoms with E-state index in [0.29, 0.717) is 0 Å². The van der Waals surface area contributed by atoms with Crippen molar-refractivity contribution in [2.75, 3.05) is 0 Å². The Hall–Kier alpha value is 0.597. The van der Waals surface area contributed by atoms with Crippen LogP contribution >= 0.6 is 0 Å². The average molecular weight is 204 g/mol. The van der Waals surface area contributed by atoms with Gasteiger partial charge in [0.1, 0.15) is 0 Å². The van der Waals surface area contributed by atoms with E-state index in [0.717, 1.165) is 0 Å². The molecule has 32 valence electrons. The Labute approximate surface area is 51.1 Å². The fourth-order valence-corrected chi connectivity index (χ4v) is 5.77. The van der Waals surface area contributed by atoms with Gasteiger partial charge in [-0.2, -0.15) is 0 Å². The van der Waals surface area contributed by atoms with Gasteiger partial charge in [-0.05, 0) is 0 Å². The van der Waals surface area contributed by atoms with Crippen molar-refractivity contribution >= 4 is 31.5 Å². The van der Waals surface area contributed by atoms with Gasteiger partial charge in [0.2, 0.25) is 0 Å². The summed E-state index contributed by atoms with van der Waals surface area (Å²) in [6.45, 7) is 0. The Balaban J connectivity index is 2.40.